The molecule has 0 unspecified atom stereocenters. The number of aryl methyl sites for hydroxylation is 1. The molecule has 0 saturated carbocycles. The van der Waals surface area contributed by atoms with Gasteiger partial charge in [-0.25, -0.2) is 4.39 Å². The molecule has 0 radical (unpaired) electrons. The van der Waals surface area contributed by atoms with Gasteiger partial charge in [0.25, 0.3) is 0 Å². The van der Waals surface area contributed by atoms with Crippen LogP contribution in [0.4, 0.5) is 10.1 Å². The Hall–Kier alpha value is -1.60. The maximum Gasteiger partial charge on any atom is 0.234 e. The molecule has 1 amide bonds. The van der Waals surface area contributed by atoms with Crippen LogP contribution in [0.25, 0.3) is 0 Å². The number of carbonyl (C=O) groups is 1. The summed E-state index contributed by atoms with van der Waals surface area (Å²) >= 11 is 7.00. The van der Waals surface area contributed by atoms with E-state index in [0.29, 0.717) is 5.02 Å². The highest BCUT2D eigenvalue weighted by Crippen LogP contribution is 2.23. The summed E-state index contributed by atoms with van der Waals surface area (Å²) in [6.07, 6.45) is 4.33. The maximum atomic E-state index is 13.7. The van der Waals surface area contributed by atoms with Crippen LogP contribution < -0.4 is 5.32 Å². The molecule has 8 heteroatoms. The lowest BCUT2D eigenvalue weighted by molar-refractivity contribution is -0.113. The van der Waals surface area contributed by atoms with Crippen molar-refractivity contribution in [2.24, 2.45) is 0 Å². The topological polar surface area (TPSA) is 59.8 Å². The standard InChI is InChI=1S/C15H16ClFN4OS/c16-10-5-6-12(11(17)8-10)18-14(22)9-23-15-20-19-13-4-2-1-3-7-21(13)15/h5-6,8H,1-4,7,9H2,(H,18,22). The Morgan fingerprint density at radius 2 is 2.22 bits per heavy atom. The minimum atomic E-state index is -0.549. The predicted molar refractivity (Wildman–Crippen MR) is 88.3 cm³/mol. The lowest BCUT2D eigenvalue weighted by Gasteiger charge is -2.08. The molecule has 1 N–H and O–H groups in total. The summed E-state index contributed by atoms with van der Waals surface area (Å²) in [6.45, 7) is 0.887. The zero-order chi connectivity index (χ0) is 16.2. The van der Waals surface area contributed by atoms with E-state index in [1.807, 2.05) is 0 Å². The summed E-state index contributed by atoms with van der Waals surface area (Å²) in [5.41, 5.74) is 0.125. The van der Waals surface area contributed by atoms with E-state index in [2.05, 4.69) is 20.1 Å². The van der Waals surface area contributed by atoms with Crippen LogP contribution in [0.1, 0.15) is 25.1 Å². The van der Waals surface area contributed by atoms with Gasteiger partial charge in [0, 0.05) is 18.0 Å². The van der Waals surface area contributed by atoms with Crippen molar-refractivity contribution in [3.63, 3.8) is 0 Å². The Bertz CT molecular complexity index is 721. The molecule has 3 rings (SSSR count). The number of halogens is 2. The van der Waals surface area contributed by atoms with Gasteiger partial charge in [-0.2, -0.15) is 0 Å². The lowest BCUT2D eigenvalue weighted by Crippen LogP contribution is -2.15. The number of hydrogen-bond acceptors (Lipinski definition) is 4. The highest BCUT2D eigenvalue weighted by molar-refractivity contribution is 7.99. The number of hydrogen-bond donors (Lipinski definition) is 1. The molecule has 122 valence electrons. The SMILES string of the molecule is O=C(CSc1nnc2n1CCCCC2)Nc1ccc(Cl)cc1F. The molecule has 0 spiro atoms. The first-order valence-electron chi connectivity index (χ1n) is 7.43. The average Bonchev–Trinajstić information content (AvgIpc) is 2.75. The van der Waals surface area contributed by atoms with Gasteiger partial charge in [-0.15, -0.1) is 10.2 Å². The number of fused-ring (bicyclic) bond motifs is 1. The van der Waals surface area contributed by atoms with Gasteiger partial charge in [-0.05, 0) is 31.0 Å². The summed E-state index contributed by atoms with van der Waals surface area (Å²) < 4.78 is 15.7. The number of carbonyl (C=O) groups excluding carboxylic acids is 1. The Morgan fingerprint density at radius 1 is 1.35 bits per heavy atom. The zero-order valence-electron chi connectivity index (χ0n) is 12.4. The number of aromatic nitrogens is 3. The summed E-state index contributed by atoms with van der Waals surface area (Å²) in [4.78, 5) is 12.0. The van der Waals surface area contributed by atoms with Gasteiger partial charge in [-0.3, -0.25) is 4.79 Å². The number of amides is 1. The third kappa shape index (κ3) is 4.03. The van der Waals surface area contributed by atoms with Crippen LogP contribution in [0.5, 0.6) is 0 Å². The molecule has 1 aromatic heterocycles. The van der Waals surface area contributed by atoms with Crippen LogP contribution in [0.15, 0.2) is 23.4 Å². The normalized spacial score (nSPS) is 14.2. The number of nitrogens with zero attached hydrogens (tertiary/aromatic N) is 3. The van der Waals surface area contributed by atoms with Crippen molar-refractivity contribution < 1.29 is 9.18 Å². The molecular weight excluding hydrogens is 339 g/mol. The first-order chi connectivity index (χ1) is 11.1. The molecule has 0 saturated heterocycles. The first kappa shape index (κ1) is 16.3. The van der Waals surface area contributed by atoms with E-state index < -0.39 is 5.82 Å². The number of nitrogens with one attached hydrogen (secondary N) is 1. The van der Waals surface area contributed by atoms with Crippen molar-refractivity contribution in [3.05, 3.63) is 34.9 Å². The van der Waals surface area contributed by atoms with E-state index in [4.69, 9.17) is 11.6 Å². The van der Waals surface area contributed by atoms with Crippen molar-refractivity contribution in [2.75, 3.05) is 11.1 Å². The van der Waals surface area contributed by atoms with Gasteiger partial charge < -0.3 is 9.88 Å². The van der Waals surface area contributed by atoms with E-state index in [1.165, 1.54) is 36.4 Å². The quantitative estimate of drug-likeness (QED) is 0.853. The number of thioether (sulfide) groups is 1. The number of rotatable bonds is 4. The summed E-state index contributed by atoms with van der Waals surface area (Å²) in [5, 5.41) is 11.9. The van der Waals surface area contributed by atoms with Crippen LogP contribution >= 0.6 is 23.4 Å². The van der Waals surface area contributed by atoms with Crippen molar-refractivity contribution in [2.45, 2.75) is 37.4 Å². The minimum Gasteiger partial charge on any atom is -0.323 e. The molecule has 23 heavy (non-hydrogen) atoms. The van der Waals surface area contributed by atoms with Gasteiger partial charge in [0.15, 0.2) is 5.16 Å². The Morgan fingerprint density at radius 3 is 3.04 bits per heavy atom. The molecule has 0 atom stereocenters. The molecule has 1 aliphatic rings. The van der Waals surface area contributed by atoms with Gasteiger partial charge in [0.2, 0.25) is 5.91 Å². The molecule has 1 aliphatic heterocycles. The van der Waals surface area contributed by atoms with Gasteiger partial charge >= 0.3 is 0 Å². The molecule has 5 nitrogen and oxygen atoms in total. The smallest absolute Gasteiger partial charge is 0.234 e. The van der Waals surface area contributed by atoms with Crippen molar-refractivity contribution in [1.82, 2.24) is 14.8 Å². The zero-order valence-corrected chi connectivity index (χ0v) is 14.0. The maximum absolute atomic E-state index is 13.7. The summed E-state index contributed by atoms with van der Waals surface area (Å²) in [5.74, 6) is 0.295. The highest BCUT2D eigenvalue weighted by Gasteiger charge is 2.16. The molecule has 0 fully saturated rings. The van der Waals surface area contributed by atoms with Crippen LogP contribution in [0, 0.1) is 5.82 Å². The van der Waals surface area contributed by atoms with Crippen molar-refractivity contribution in [3.8, 4) is 0 Å². The third-order valence-corrected chi connectivity index (χ3v) is 4.81. The molecule has 0 bridgehead atoms. The second-order valence-electron chi connectivity index (χ2n) is 5.32. The van der Waals surface area contributed by atoms with Crippen molar-refractivity contribution in [1.29, 1.82) is 0 Å². The molecular formula is C15H16ClFN4OS. The summed E-state index contributed by atoms with van der Waals surface area (Å²) in [6, 6.07) is 4.15. The van der Waals surface area contributed by atoms with Gasteiger partial charge in [0.1, 0.15) is 11.6 Å². The second-order valence-corrected chi connectivity index (χ2v) is 6.70. The first-order valence-corrected chi connectivity index (χ1v) is 8.79. The van der Waals surface area contributed by atoms with Crippen LogP contribution in [0.3, 0.4) is 0 Å². The Kier molecular flexibility index (Phi) is 5.17. The summed E-state index contributed by atoms with van der Waals surface area (Å²) in [7, 11) is 0. The fourth-order valence-electron chi connectivity index (χ4n) is 2.47. The average molecular weight is 355 g/mol. The molecule has 2 heterocycles. The second kappa shape index (κ2) is 7.31. The Labute approximate surface area is 142 Å². The van der Waals surface area contributed by atoms with E-state index in [-0.39, 0.29) is 17.3 Å². The van der Waals surface area contributed by atoms with Crippen LogP contribution in [-0.4, -0.2) is 26.4 Å². The van der Waals surface area contributed by atoms with E-state index in [0.717, 1.165) is 36.8 Å². The fraction of sp³-hybridized carbons (Fsp3) is 0.400. The van der Waals surface area contributed by atoms with Gasteiger partial charge in [-0.1, -0.05) is 29.8 Å². The molecule has 2 aromatic rings. The van der Waals surface area contributed by atoms with Crippen LogP contribution in [0.2, 0.25) is 5.02 Å². The third-order valence-electron chi connectivity index (χ3n) is 3.61. The number of benzene rings is 1. The van der Waals surface area contributed by atoms with E-state index >= 15 is 0 Å². The number of anilines is 1. The lowest BCUT2D eigenvalue weighted by atomic mass is 10.2. The van der Waals surface area contributed by atoms with Crippen LogP contribution in [-0.2, 0) is 17.8 Å². The van der Waals surface area contributed by atoms with Gasteiger partial charge in [0.05, 0.1) is 11.4 Å². The molecule has 0 aliphatic carbocycles. The monoisotopic (exact) mass is 354 g/mol. The fourth-order valence-corrected chi connectivity index (χ4v) is 3.41. The van der Waals surface area contributed by atoms with E-state index in [9.17, 15) is 9.18 Å². The largest absolute Gasteiger partial charge is 0.323 e. The molecule has 1 aromatic carbocycles. The minimum absolute atomic E-state index is 0.125. The van der Waals surface area contributed by atoms with E-state index in [1.54, 1.807) is 0 Å². The Balaban J connectivity index is 1.60. The highest BCUT2D eigenvalue weighted by atomic mass is 35.5. The predicted octanol–water partition coefficient (Wildman–Crippen LogP) is 3.53. The van der Waals surface area contributed by atoms with Crippen molar-refractivity contribution >= 4 is 35.0 Å².